The van der Waals surface area contributed by atoms with Gasteiger partial charge in [0.05, 0.1) is 5.57 Å². The topological polar surface area (TPSA) is 61.1 Å². The molecule has 1 aromatic rings. The molecule has 62 valence electrons. The molecule has 0 spiro atoms. The van der Waals surface area contributed by atoms with Gasteiger partial charge in [-0.3, -0.25) is 0 Å². The Balaban J connectivity index is 0.00000144. The van der Waals surface area contributed by atoms with Crippen molar-refractivity contribution in [2.75, 3.05) is 0 Å². The Labute approximate surface area is 122 Å². The maximum atomic E-state index is 10.2. The van der Waals surface area contributed by atoms with E-state index < -0.39 is 5.97 Å². The van der Waals surface area contributed by atoms with Crippen LogP contribution in [0.3, 0.4) is 0 Å². The third-order valence-electron chi connectivity index (χ3n) is 1.17. The van der Waals surface area contributed by atoms with E-state index in [9.17, 15) is 4.79 Å². The summed E-state index contributed by atoms with van der Waals surface area (Å²) in [5.74, 6) is -1.10. The first-order chi connectivity index (χ1) is 5.74. The van der Waals surface area contributed by atoms with Gasteiger partial charge in [-0.15, -0.1) is 11.3 Å². The summed E-state index contributed by atoms with van der Waals surface area (Å²) in [7, 11) is 0. The molecule has 3 nitrogen and oxygen atoms in total. The molecular weight excluding hydrogens is 213 g/mol. The van der Waals surface area contributed by atoms with E-state index in [0.29, 0.717) is 4.88 Å². The molecule has 1 N–H and O–H groups in total. The van der Waals surface area contributed by atoms with E-state index in [1.54, 1.807) is 17.5 Å². The van der Waals surface area contributed by atoms with Gasteiger partial charge in [0.15, 0.2) is 0 Å². The van der Waals surface area contributed by atoms with Crippen molar-refractivity contribution in [3.63, 3.8) is 0 Å². The minimum atomic E-state index is -1.10. The average molecular weight is 219 g/mol. The third kappa shape index (κ3) is 4.18. The van der Waals surface area contributed by atoms with E-state index in [0.717, 1.165) is 6.08 Å². The molecule has 0 saturated heterocycles. The summed E-state index contributed by atoms with van der Waals surface area (Å²) in [6.45, 7) is 0. The van der Waals surface area contributed by atoms with Crippen LogP contribution in [0, 0.1) is 11.3 Å². The van der Waals surface area contributed by atoms with Gasteiger partial charge in [-0.25, -0.2) is 4.79 Å². The molecule has 1 aromatic heterocycles. The van der Waals surface area contributed by atoms with Crippen molar-refractivity contribution >= 4 is 74.3 Å². The van der Waals surface area contributed by atoms with Crippen molar-refractivity contribution in [2.45, 2.75) is 0 Å². The molecule has 13 heavy (non-hydrogen) atoms. The predicted molar refractivity (Wildman–Crippen MR) is 52.7 cm³/mol. The van der Waals surface area contributed by atoms with Gasteiger partial charge in [-0.1, -0.05) is 6.07 Å². The zero-order valence-electron chi connectivity index (χ0n) is 6.02. The van der Waals surface area contributed by atoms with Crippen molar-refractivity contribution in [3.8, 4) is 6.07 Å². The normalized spacial score (nSPS) is 9.92. The Hall–Kier alpha value is 0.0364. The quantitative estimate of drug-likeness (QED) is 0.460. The Morgan fingerprint density at radius 3 is 2.77 bits per heavy atom. The van der Waals surface area contributed by atoms with Gasteiger partial charge in [0, 0.05) is 11.0 Å². The summed E-state index contributed by atoms with van der Waals surface area (Å²) in [6, 6.07) is 5.31. The van der Waals surface area contributed by atoms with Gasteiger partial charge in [-0.05, 0) is 11.4 Å². The number of carboxylic acids is 1. The summed E-state index contributed by atoms with van der Waals surface area (Å²) >= 11 is 1.34. The van der Waals surface area contributed by atoms with E-state index >= 15 is 0 Å². The standard InChI is InChI=1S/C8H5NO2S.K.H/c9-5-6(4-8(10)11)7-2-1-3-12-7;;/h1-4H,(H,10,11);;/b6-4-;;. The molecule has 0 saturated carbocycles. The van der Waals surface area contributed by atoms with Gasteiger partial charge < -0.3 is 5.11 Å². The van der Waals surface area contributed by atoms with Gasteiger partial charge in [-0.2, -0.15) is 5.26 Å². The van der Waals surface area contributed by atoms with E-state index in [1.165, 1.54) is 11.3 Å². The maximum absolute atomic E-state index is 10.2. The first kappa shape index (κ1) is 13.0. The summed E-state index contributed by atoms with van der Waals surface area (Å²) in [4.78, 5) is 10.9. The molecule has 0 aliphatic rings. The molecule has 0 amide bonds. The van der Waals surface area contributed by atoms with Crippen molar-refractivity contribution < 1.29 is 9.90 Å². The molecule has 1 rings (SSSR count). The molecular formula is C8H6KNO2S. The number of hydrogen-bond donors (Lipinski definition) is 1. The van der Waals surface area contributed by atoms with Crippen LogP contribution in [-0.4, -0.2) is 62.5 Å². The van der Waals surface area contributed by atoms with E-state index in [1.807, 2.05) is 6.07 Å². The number of hydrogen-bond acceptors (Lipinski definition) is 3. The fraction of sp³-hybridized carbons (Fsp3) is 0. The second-order valence-corrected chi connectivity index (χ2v) is 2.93. The van der Waals surface area contributed by atoms with Crippen molar-refractivity contribution in [3.05, 3.63) is 28.5 Å². The number of carboxylic acid groups (broad SMARTS) is 1. The second kappa shape index (κ2) is 6.48. The zero-order valence-corrected chi connectivity index (χ0v) is 6.84. The van der Waals surface area contributed by atoms with Crippen LogP contribution in [0.1, 0.15) is 4.88 Å². The van der Waals surface area contributed by atoms with Crippen molar-refractivity contribution in [1.82, 2.24) is 0 Å². The van der Waals surface area contributed by atoms with Crippen LogP contribution in [0.25, 0.3) is 5.57 Å². The summed E-state index contributed by atoms with van der Waals surface area (Å²) in [5.41, 5.74) is 0.192. The molecule has 0 aromatic carbocycles. The number of aliphatic carboxylic acids is 1. The molecule has 0 aliphatic heterocycles. The Morgan fingerprint density at radius 1 is 1.69 bits per heavy atom. The Bertz CT molecular complexity index is 351. The van der Waals surface area contributed by atoms with Crippen LogP contribution >= 0.6 is 11.3 Å². The third-order valence-corrected chi connectivity index (χ3v) is 2.08. The van der Waals surface area contributed by atoms with Crippen molar-refractivity contribution in [2.24, 2.45) is 0 Å². The Kier molecular flexibility index (Phi) is 6.50. The van der Waals surface area contributed by atoms with Crippen LogP contribution in [0.5, 0.6) is 0 Å². The second-order valence-electron chi connectivity index (χ2n) is 1.99. The van der Waals surface area contributed by atoms with Crippen LogP contribution in [-0.2, 0) is 4.79 Å². The fourth-order valence-electron chi connectivity index (χ4n) is 0.714. The van der Waals surface area contributed by atoms with Crippen LogP contribution < -0.4 is 0 Å². The predicted octanol–water partition coefficient (Wildman–Crippen LogP) is 1.09. The van der Waals surface area contributed by atoms with Crippen LogP contribution in [0.15, 0.2) is 23.6 Å². The molecule has 5 heteroatoms. The van der Waals surface area contributed by atoms with Crippen molar-refractivity contribution in [1.29, 1.82) is 5.26 Å². The van der Waals surface area contributed by atoms with Crippen LogP contribution in [0.2, 0.25) is 0 Å². The molecule has 0 atom stereocenters. The SMILES string of the molecule is N#C/C(=C/C(=O)O)c1cccs1.[KH]. The van der Waals surface area contributed by atoms with Gasteiger partial charge >= 0.3 is 57.4 Å². The average Bonchev–Trinajstić information content (AvgIpc) is 2.51. The zero-order chi connectivity index (χ0) is 8.97. The summed E-state index contributed by atoms with van der Waals surface area (Å²) in [6.07, 6.45) is 0.909. The molecule has 0 unspecified atom stereocenters. The van der Waals surface area contributed by atoms with Gasteiger partial charge in [0.25, 0.3) is 0 Å². The Morgan fingerprint density at radius 2 is 2.38 bits per heavy atom. The molecule has 0 aliphatic carbocycles. The van der Waals surface area contributed by atoms with E-state index in [-0.39, 0.29) is 57.0 Å². The number of nitrogens with zero attached hydrogens (tertiary/aromatic N) is 1. The number of thiophene rings is 1. The summed E-state index contributed by atoms with van der Waals surface area (Å²) in [5, 5.41) is 18.8. The van der Waals surface area contributed by atoms with E-state index in [4.69, 9.17) is 10.4 Å². The van der Waals surface area contributed by atoms with Crippen LogP contribution in [0.4, 0.5) is 0 Å². The molecule has 0 radical (unpaired) electrons. The molecule has 0 bridgehead atoms. The first-order valence-electron chi connectivity index (χ1n) is 3.12. The molecule has 0 fully saturated rings. The monoisotopic (exact) mass is 219 g/mol. The number of nitriles is 1. The number of rotatable bonds is 2. The first-order valence-corrected chi connectivity index (χ1v) is 4.00. The van der Waals surface area contributed by atoms with Gasteiger partial charge in [0.1, 0.15) is 6.07 Å². The molecule has 1 heterocycles. The van der Waals surface area contributed by atoms with Gasteiger partial charge in [0.2, 0.25) is 0 Å². The fourth-order valence-corrected chi connectivity index (χ4v) is 1.41. The number of carbonyl (C=O) groups is 1. The number of allylic oxidation sites excluding steroid dienone is 1. The summed E-state index contributed by atoms with van der Waals surface area (Å²) < 4.78 is 0. The van der Waals surface area contributed by atoms with E-state index in [2.05, 4.69) is 0 Å². The minimum absolute atomic E-state index is 0.